The summed E-state index contributed by atoms with van der Waals surface area (Å²) < 4.78 is 15.2. The van der Waals surface area contributed by atoms with Crippen LogP contribution in [0.4, 0.5) is 14.9 Å². The first-order valence-electron chi connectivity index (χ1n) is 16.3. The lowest BCUT2D eigenvalue weighted by Crippen LogP contribution is -2.65. The van der Waals surface area contributed by atoms with Crippen molar-refractivity contribution in [3.8, 4) is 0 Å². The van der Waals surface area contributed by atoms with E-state index in [9.17, 15) is 14.4 Å². The third-order valence-corrected chi connectivity index (χ3v) is 10.8. The molecular weight excluding hydrogens is 545 g/mol. The quantitative estimate of drug-likeness (QED) is 0.447. The number of carbonyl (C=O) groups is 3. The second-order valence-electron chi connectivity index (χ2n) is 15.1. The Hall–Kier alpha value is -2.94. The Labute approximate surface area is 255 Å². The van der Waals surface area contributed by atoms with Crippen molar-refractivity contribution in [1.82, 2.24) is 20.0 Å². The largest absolute Gasteiger partial charge is 0.341 e. The number of benzene rings is 1. The van der Waals surface area contributed by atoms with Crippen LogP contribution in [-0.4, -0.2) is 77.4 Å². The number of urea groups is 1. The van der Waals surface area contributed by atoms with Gasteiger partial charge in [-0.1, -0.05) is 26.5 Å². The van der Waals surface area contributed by atoms with E-state index in [1.165, 1.54) is 31.4 Å². The molecule has 2 unspecified atom stereocenters. The van der Waals surface area contributed by atoms with Gasteiger partial charge in [0.25, 0.3) is 0 Å². The van der Waals surface area contributed by atoms with Gasteiger partial charge in [0.1, 0.15) is 5.82 Å². The summed E-state index contributed by atoms with van der Waals surface area (Å²) >= 11 is 0. The van der Waals surface area contributed by atoms with Crippen molar-refractivity contribution in [3.63, 3.8) is 0 Å². The molecule has 6 fully saturated rings. The summed E-state index contributed by atoms with van der Waals surface area (Å²) in [5.74, 6) is 0.189. The molecule has 4 saturated carbocycles. The van der Waals surface area contributed by atoms with Crippen molar-refractivity contribution >= 4 is 23.5 Å². The summed E-state index contributed by atoms with van der Waals surface area (Å²) in [6, 6.07) is 4.72. The Kier molecular flexibility index (Phi) is 8.07. The summed E-state index contributed by atoms with van der Waals surface area (Å²) in [6.07, 6.45) is 10.6. The fourth-order valence-corrected chi connectivity index (χ4v) is 10.1. The highest BCUT2D eigenvalue weighted by Gasteiger charge is 2.60. The Bertz CT molecular complexity index is 1270. The zero-order valence-electron chi connectivity index (χ0n) is 25.9. The second kappa shape index (κ2) is 11.5. The smallest absolute Gasteiger partial charge is 0.319 e. The molecule has 4 bridgehead atoms. The molecule has 2 aliphatic heterocycles. The van der Waals surface area contributed by atoms with Crippen LogP contribution in [0.1, 0.15) is 77.2 Å². The van der Waals surface area contributed by atoms with Gasteiger partial charge in [-0.3, -0.25) is 14.5 Å². The van der Waals surface area contributed by atoms with Crippen molar-refractivity contribution in [2.45, 2.75) is 83.7 Å². The Morgan fingerprint density at radius 3 is 2.40 bits per heavy atom. The molecule has 0 spiro atoms. The van der Waals surface area contributed by atoms with Gasteiger partial charge in [0.15, 0.2) is 0 Å². The topological polar surface area (TPSA) is 85.0 Å². The van der Waals surface area contributed by atoms with Gasteiger partial charge in [-0.15, -0.1) is 0 Å². The van der Waals surface area contributed by atoms with E-state index in [1.54, 1.807) is 11.0 Å². The first kappa shape index (κ1) is 30.1. The monoisotopic (exact) mass is 593 g/mol. The molecule has 7 rings (SSSR count). The highest BCUT2D eigenvalue weighted by atomic mass is 19.1. The number of hydrogen-bond donors (Lipinski definition) is 2. The lowest BCUT2D eigenvalue weighted by Gasteiger charge is -2.65. The van der Waals surface area contributed by atoms with Crippen LogP contribution in [0.25, 0.3) is 0 Å². The minimum Gasteiger partial charge on any atom is -0.341 e. The van der Waals surface area contributed by atoms with E-state index >= 15 is 4.39 Å². The molecule has 0 aromatic heterocycles. The molecule has 1 aromatic rings. The number of nitrogens with zero attached hydrogens (tertiary/aromatic N) is 3. The number of hydrogen-bond acceptors (Lipinski definition) is 4. The summed E-state index contributed by atoms with van der Waals surface area (Å²) in [5.41, 5.74) is 1.40. The maximum Gasteiger partial charge on any atom is 0.319 e. The molecule has 2 saturated heterocycles. The van der Waals surface area contributed by atoms with Gasteiger partial charge < -0.3 is 20.4 Å². The molecule has 8 nitrogen and oxygen atoms in total. The van der Waals surface area contributed by atoms with Crippen LogP contribution >= 0.6 is 0 Å². The van der Waals surface area contributed by atoms with Crippen LogP contribution in [0.5, 0.6) is 0 Å². The van der Waals surface area contributed by atoms with Crippen molar-refractivity contribution in [2.75, 3.05) is 44.6 Å². The molecular formula is C34H48FN5O3. The zero-order valence-corrected chi connectivity index (χ0v) is 25.9. The molecule has 43 heavy (non-hydrogen) atoms. The van der Waals surface area contributed by atoms with Crippen LogP contribution in [0, 0.1) is 28.5 Å². The van der Waals surface area contributed by atoms with Crippen molar-refractivity contribution < 1.29 is 18.8 Å². The van der Waals surface area contributed by atoms with Gasteiger partial charge in [-0.2, -0.15) is 0 Å². The van der Waals surface area contributed by atoms with Crippen LogP contribution in [0.15, 0.2) is 30.9 Å². The second-order valence-corrected chi connectivity index (χ2v) is 15.1. The Balaban J connectivity index is 1.02. The van der Waals surface area contributed by atoms with E-state index in [-0.39, 0.29) is 45.8 Å². The minimum absolute atomic E-state index is 0.0846. The molecule has 2 heterocycles. The van der Waals surface area contributed by atoms with Gasteiger partial charge in [0.05, 0.1) is 11.6 Å². The molecule has 234 valence electrons. The number of amides is 4. The average molecular weight is 594 g/mol. The van der Waals surface area contributed by atoms with E-state index in [0.717, 1.165) is 50.6 Å². The van der Waals surface area contributed by atoms with E-state index in [1.807, 2.05) is 11.0 Å². The fourth-order valence-electron chi connectivity index (χ4n) is 10.1. The number of halogens is 1. The number of carbonyl (C=O) groups excluding carboxylic acids is 3. The van der Waals surface area contributed by atoms with Crippen molar-refractivity contribution in [3.05, 3.63) is 42.2 Å². The SMILES string of the molecule is C=CC(=O)N1CCCN(C(=O)[C@H]2CCCN(Cc3ccc(NC(=O)NC45CC6C[C@@](C)(C4)C[C@](C)(C6)C5)c(F)c3)C2)CC1. The van der Waals surface area contributed by atoms with Crippen LogP contribution in [0.2, 0.25) is 0 Å². The van der Waals surface area contributed by atoms with Gasteiger partial charge >= 0.3 is 6.03 Å². The molecule has 5 atom stereocenters. The molecule has 6 aliphatic rings. The summed E-state index contributed by atoms with van der Waals surface area (Å²) in [7, 11) is 0. The highest BCUT2D eigenvalue weighted by Crippen LogP contribution is 2.66. The maximum absolute atomic E-state index is 15.2. The highest BCUT2D eigenvalue weighted by molar-refractivity contribution is 5.90. The lowest BCUT2D eigenvalue weighted by atomic mass is 9.43. The number of anilines is 1. The van der Waals surface area contributed by atoms with E-state index in [0.29, 0.717) is 45.2 Å². The molecule has 2 N–H and O–H groups in total. The van der Waals surface area contributed by atoms with Gasteiger partial charge in [-0.25, -0.2) is 9.18 Å². The van der Waals surface area contributed by atoms with E-state index < -0.39 is 5.82 Å². The first-order valence-corrected chi connectivity index (χ1v) is 16.3. The Morgan fingerprint density at radius 2 is 1.70 bits per heavy atom. The average Bonchev–Trinajstić information content (AvgIpc) is 3.18. The van der Waals surface area contributed by atoms with Crippen LogP contribution in [0.3, 0.4) is 0 Å². The van der Waals surface area contributed by atoms with Crippen LogP contribution in [-0.2, 0) is 16.1 Å². The predicted molar refractivity (Wildman–Crippen MR) is 165 cm³/mol. The number of rotatable bonds is 6. The molecule has 4 aliphatic carbocycles. The standard InChI is InChI=1S/C34H48FN5O3/c1-4-29(41)39-11-6-12-40(14-13-39)30(42)26-7-5-10-38(20-26)19-24-8-9-28(27(35)15-24)36-31(43)37-34-18-25-16-32(2,22-34)21-33(3,17-25)23-34/h4,8-9,15,25-26H,1,5-7,10-14,16-23H2,2-3H3,(H2,36,37,43)/t25?,26-,32-,33+,34?/m0/s1. The summed E-state index contributed by atoms with van der Waals surface area (Å²) in [6.45, 7) is 12.7. The predicted octanol–water partition coefficient (Wildman–Crippen LogP) is 5.16. The van der Waals surface area contributed by atoms with Crippen molar-refractivity contribution in [2.24, 2.45) is 22.7 Å². The normalized spacial score (nSPS) is 34.0. The third-order valence-electron chi connectivity index (χ3n) is 10.8. The zero-order chi connectivity index (χ0) is 30.4. The van der Waals surface area contributed by atoms with E-state index in [2.05, 4.69) is 36.0 Å². The van der Waals surface area contributed by atoms with E-state index in [4.69, 9.17) is 0 Å². The molecule has 9 heteroatoms. The van der Waals surface area contributed by atoms with Gasteiger partial charge in [0.2, 0.25) is 11.8 Å². The Morgan fingerprint density at radius 1 is 0.977 bits per heavy atom. The number of piperidine rings is 1. The molecule has 4 amide bonds. The van der Waals surface area contributed by atoms with Gasteiger partial charge in [0, 0.05) is 44.8 Å². The summed E-state index contributed by atoms with van der Waals surface area (Å²) in [5, 5.41) is 6.10. The van der Waals surface area contributed by atoms with Crippen LogP contribution < -0.4 is 10.6 Å². The maximum atomic E-state index is 15.2. The van der Waals surface area contributed by atoms with Gasteiger partial charge in [-0.05, 0) is 105 Å². The molecule has 1 aromatic carbocycles. The fraction of sp³-hybridized carbons (Fsp3) is 0.676. The number of nitrogens with one attached hydrogen (secondary N) is 2. The third kappa shape index (κ3) is 6.47. The lowest BCUT2D eigenvalue weighted by molar-refractivity contribution is -0.137. The van der Waals surface area contributed by atoms with Crippen molar-refractivity contribution in [1.29, 1.82) is 0 Å². The number of likely N-dealkylation sites (tertiary alicyclic amines) is 1. The summed E-state index contributed by atoms with van der Waals surface area (Å²) in [4.78, 5) is 44.4. The first-order chi connectivity index (χ1) is 20.5. The minimum atomic E-state index is -0.440. The molecule has 0 radical (unpaired) electrons.